The number of pyridine rings is 1. The minimum Gasteiger partial charge on any atom is -0.670 e. The maximum atomic E-state index is 7.69. The van der Waals surface area contributed by atoms with Gasteiger partial charge in [0.05, 0.1) is 0 Å². The van der Waals surface area contributed by atoms with E-state index < -0.39 is 0 Å². The molecule has 0 saturated heterocycles. The van der Waals surface area contributed by atoms with Crippen molar-refractivity contribution < 1.29 is 32.7 Å². The van der Waals surface area contributed by atoms with Crippen molar-refractivity contribution >= 4 is 0 Å². The molecule has 1 aromatic heterocycles. The van der Waals surface area contributed by atoms with E-state index in [-0.39, 0.29) is 46.2 Å². The summed E-state index contributed by atoms with van der Waals surface area (Å²) in [5.74, 6) is 0. The van der Waals surface area contributed by atoms with E-state index in [1.165, 1.54) is 5.56 Å². The molecule has 0 aliphatic heterocycles. The maximum absolute atomic E-state index is 7.69. The molecule has 1 heterocycles. The van der Waals surface area contributed by atoms with Crippen LogP contribution in [0.1, 0.15) is 30.1 Å². The number of hydrogen-bond acceptors (Lipinski definition) is 1. The quantitative estimate of drug-likeness (QED) is 0.653. The van der Waals surface area contributed by atoms with Gasteiger partial charge in [-0.2, -0.15) is 0 Å². The van der Waals surface area contributed by atoms with Gasteiger partial charge in [0.1, 0.15) is 0 Å². The summed E-state index contributed by atoms with van der Waals surface area (Å²) in [6.07, 6.45) is 5.01. The molecule has 1 aliphatic carbocycles. The fourth-order valence-corrected chi connectivity index (χ4v) is 1.61. The van der Waals surface area contributed by atoms with Crippen LogP contribution < -0.4 is 0 Å². The van der Waals surface area contributed by atoms with Crippen LogP contribution in [0.5, 0.6) is 0 Å². The van der Waals surface area contributed by atoms with Crippen LogP contribution in [0.3, 0.4) is 0 Å². The topological polar surface area (TPSA) is 36.7 Å². The number of aryl methyl sites for hydroxylation is 1. The molecule has 1 atom stereocenters. The number of hydrogen-bond donors (Lipinski definition) is 0. The van der Waals surface area contributed by atoms with E-state index in [1.807, 2.05) is 6.07 Å². The van der Waals surface area contributed by atoms with Crippen LogP contribution >= 0.6 is 0 Å². The zero-order chi connectivity index (χ0) is 7.68. The second-order valence-corrected chi connectivity index (χ2v) is 2.99. The molecule has 0 saturated carbocycles. The summed E-state index contributed by atoms with van der Waals surface area (Å²) in [6, 6.07) is 3.97. The molecule has 2 nitrogen and oxygen atoms in total. The molecule has 0 aromatic carbocycles. The fourth-order valence-electron chi connectivity index (χ4n) is 1.61. The standard InChI is InChI=1S/C9H11N2.CH3.Y/c10-8-5-1-3-7-4-2-6-11-9(7)8;;/h2,4,6,8,10H,1,3,5H2;1H3;/q2*-1;/t8-;;/m0../s1. The Kier molecular flexibility index (Phi) is 5.94. The Morgan fingerprint density at radius 3 is 2.92 bits per heavy atom. The van der Waals surface area contributed by atoms with Gasteiger partial charge in [-0.1, -0.05) is 24.9 Å². The monoisotopic (exact) mass is 251 g/mol. The average Bonchev–Trinajstić information content (AvgIpc) is 2.06. The molecule has 69 valence electrons. The van der Waals surface area contributed by atoms with Gasteiger partial charge in [0, 0.05) is 44.6 Å². The van der Waals surface area contributed by atoms with E-state index in [1.54, 1.807) is 6.20 Å². The number of fused-ring (bicyclic) bond motifs is 1. The molecule has 2 rings (SSSR count). The van der Waals surface area contributed by atoms with Gasteiger partial charge in [0.25, 0.3) is 0 Å². The second kappa shape index (κ2) is 5.84. The van der Waals surface area contributed by atoms with Crippen molar-refractivity contribution in [3.63, 3.8) is 0 Å². The van der Waals surface area contributed by atoms with Gasteiger partial charge in [0.15, 0.2) is 0 Å². The molecule has 3 heteroatoms. The van der Waals surface area contributed by atoms with E-state index in [0.717, 1.165) is 25.0 Å². The van der Waals surface area contributed by atoms with Crippen molar-refractivity contribution in [1.82, 2.24) is 4.98 Å². The molecule has 1 N–H and O–H groups in total. The first kappa shape index (κ1) is 13.2. The molecule has 1 aliphatic rings. The summed E-state index contributed by atoms with van der Waals surface area (Å²) in [7, 11) is 0. The van der Waals surface area contributed by atoms with Gasteiger partial charge in [-0.3, -0.25) is 4.98 Å². The SMILES string of the molecule is [CH3-].[NH-][C@H]1CCCc2cccnc21.[Y]. The van der Waals surface area contributed by atoms with Crippen LogP contribution in [0.2, 0.25) is 0 Å². The Labute approximate surface area is 105 Å². The maximum Gasteiger partial charge on any atom is 0.0270 e. The van der Waals surface area contributed by atoms with Crippen molar-refractivity contribution in [2.24, 2.45) is 0 Å². The molecular weight excluding hydrogens is 237 g/mol. The van der Waals surface area contributed by atoms with E-state index >= 15 is 0 Å². The second-order valence-electron chi connectivity index (χ2n) is 2.99. The predicted octanol–water partition coefficient (Wildman–Crippen LogP) is 2.96. The van der Waals surface area contributed by atoms with E-state index in [2.05, 4.69) is 11.1 Å². The van der Waals surface area contributed by atoms with Gasteiger partial charge < -0.3 is 13.2 Å². The Hall–Kier alpha value is 0.214. The molecule has 0 unspecified atom stereocenters. The first-order chi connectivity index (χ1) is 5.38. The number of nitrogens with one attached hydrogen (secondary N) is 1. The van der Waals surface area contributed by atoms with Crippen molar-refractivity contribution in [2.45, 2.75) is 25.3 Å². The Morgan fingerprint density at radius 1 is 1.46 bits per heavy atom. The summed E-state index contributed by atoms with van der Waals surface area (Å²) >= 11 is 0. The summed E-state index contributed by atoms with van der Waals surface area (Å²) in [4.78, 5) is 4.21. The third kappa shape index (κ3) is 2.83. The van der Waals surface area contributed by atoms with Crippen molar-refractivity contribution in [3.05, 3.63) is 42.7 Å². The zero-order valence-electron chi connectivity index (χ0n) is 7.96. The smallest absolute Gasteiger partial charge is 0.0270 e. The Morgan fingerprint density at radius 2 is 2.23 bits per heavy atom. The van der Waals surface area contributed by atoms with E-state index in [4.69, 9.17) is 5.73 Å². The van der Waals surface area contributed by atoms with Crippen LogP contribution in [0, 0.1) is 7.43 Å². The third-order valence-corrected chi connectivity index (χ3v) is 2.20. The largest absolute Gasteiger partial charge is 0.670 e. The minimum atomic E-state index is -0.0695. The van der Waals surface area contributed by atoms with Gasteiger partial charge in [-0.25, -0.2) is 0 Å². The first-order valence-electron chi connectivity index (χ1n) is 4.03. The zero-order valence-corrected chi connectivity index (χ0v) is 10.8. The van der Waals surface area contributed by atoms with Crippen LogP contribution in [-0.2, 0) is 39.1 Å². The molecular formula is C10H14N2Y-2. The number of nitrogens with zero attached hydrogens (tertiary/aromatic N) is 1. The summed E-state index contributed by atoms with van der Waals surface area (Å²) < 4.78 is 0. The number of aromatic nitrogens is 1. The Balaban J connectivity index is 0.000000720. The van der Waals surface area contributed by atoms with E-state index in [9.17, 15) is 0 Å². The molecule has 1 radical (unpaired) electrons. The fraction of sp³-hybridized carbons (Fsp3) is 0.400. The van der Waals surface area contributed by atoms with Gasteiger partial charge >= 0.3 is 0 Å². The molecule has 0 spiro atoms. The molecule has 0 fully saturated rings. The van der Waals surface area contributed by atoms with Crippen LogP contribution in [-0.4, -0.2) is 4.98 Å². The van der Waals surface area contributed by atoms with E-state index in [0.29, 0.717) is 0 Å². The van der Waals surface area contributed by atoms with Crippen molar-refractivity contribution in [2.75, 3.05) is 0 Å². The summed E-state index contributed by atoms with van der Waals surface area (Å²) in [6.45, 7) is 0. The van der Waals surface area contributed by atoms with Crippen LogP contribution in [0.4, 0.5) is 0 Å². The Bertz CT molecular complexity index is 263. The number of rotatable bonds is 0. The summed E-state index contributed by atoms with van der Waals surface area (Å²) in [5.41, 5.74) is 9.97. The normalized spacial score (nSPS) is 19.3. The predicted molar refractivity (Wildman–Crippen MR) is 50.7 cm³/mol. The molecule has 1 aromatic rings. The molecule has 13 heavy (non-hydrogen) atoms. The van der Waals surface area contributed by atoms with Crippen LogP contribution in [0.15, 0.2) is 18.3 Å². The van der Waals surface area contributed by atoms with Crippen LogP contribution in [0.25, 0.3) is 5.73 Å². The minimum absolute atomic E-state index is 0. The van der Waals surface area contributed by atoms with Gasteiger partial charge in [-0.15, -0.1) is 0 Å². The summed E-state index contributed by atoms with van der Waals surface area (Å²) in [5, 5.41) is 0. The first-order valence-corrected chi connectivity index (χ1v) is 4.03. The van der Waals surface area contributed by atoms with Crippen molar-refractivity contribution in [3.8, 4) is 0 Å². The van der Waals surface area contributed by atoms with Gasteiger partial charge in [0.2, 0.25) is 0 Å². The van der Waals surface area contributed by atoms with Gasteiger partial charge in [-0.05, 0) is 18.1 Å². The third-order valence-electron chi connectivity index (χ3n) is 2.20. The molecule has 0 amide bonds. The molecule has 0 bridgehead atoms. The van der Waals surface area contributed by atoms with Crippen molar-refractivity contribution in [1.29, 1.82) is 0 Å². The average molecular weight is 251 g/mol.